The number of nitrogens with one attached hydrogen (secondary N) is 1. The highest BCUT2D eigenvalue weighted by Crippen LogP contribution is 2.50. The molecule has 1 amide bonds. The number of alkyl halides is 1. The van der Waals surface area contributed by atoms with Gasteiger partial charge in [-0.25, -0.2) is 9.18 Å². The summed E-state index contributed by atoms with van der Waals surface area (Å²) in [6, 6.07) is 6.02. The number of hydrogen-bond donors (Lipinski definition) is 1. The lowest BCUT2D eigenvalue weighted by molar-refractivity contribution is 0.0511. The Bertz CT molecular complexity index is 483. The topological polar surface area (TPSA) is 38.3 Å². The van der Waals surface area contributed by atoms with Gasteiger partial charge in [-0.3, -0.25) is 0 Å². The first-order valence-electron chi connectivity index (χ1n) is 6.15. The first-order valence-corrected chi connectivity index (χ1v) is 6.53. The fraction of sp³-hybridized carbons (Fsp3) is 0.500. The van der Waals surface area contributed by atoms with Crippen LogP contribution in [0.5, 0.6) is 0 Å². The number of rotatable bonds is 2. The molecule has 1 aromatic carbocycles. The Morgan fingerprint density at radius 3 is 2.53 bits per heavy atom. The van der Waals surface area contributed by atoms with Crippen LogP contribution in [0.2, 0.25) is 5.02 Å². The Labute approximate surface area is 117 Å². The van der Waals surface area contributed by atoms with Crippen LogP contribution in [0.3, 0.4) is 0 Å². The van der Waals surface area contributed by atoms with Crippen molar-refractivity contribution in [3.8, 4) is 0 Å². The molecular formula is C14H17ClFNO2. The second-order valence-corrected chi connectivity index (χ2v) is 6.21. The van der Waals surface area contributed by atoms with E-state index >= 15 is 0 Å². The third kappa shape index (κ3) is 3.38. The summed E-state index contributed by atoms with van der Waals surface area (Å²) >= 11 is 5.76. The molecule has 19 heavy (non-hydrogen) atoms. The Morgan fingerprint density at radius 1 is 1.42 bits per heavy atom. The molecule has 5 heteroatoms. The van der Waals surface area contributed by atoms with Gasteiger partial charge < -0.3 is 10.1 Å². The van der Waals surface area contributed by atoms with Crippen molar-refractivity contribution in [2.24, 2.45) is 0 Å². The van der Waals surface area contributed by atoms with Crippen molar-refractivity contribution >= 4 is 17.7 Å². The molecular weight excluding hydrogens is 269 g/mol. The molecule has 0 unspecified atom stereocenters. The lowest BCUT2D eigenvalue weighted by atomic mass is 10.1. The Kier molecular flexibility index (Phi) is 3.47. The van der Waals surface area contributed by atoms with Gasteiger partial charge in [-0.15, -0.1) is 0 Å². The highest BCUT2D eigenvalue weighted by Gasteiger charge is 2.58. The molecule has 0 heterocycles. The van der Waals surface area contributed by atoms with Crippen LogP contribution in [0.1, 0.15) is 32.8 Å². The molecule has 0 aromatic heterocycles. The normalized spacial score (nSPS) is 25.8. The minimum atomic E-state index is -1.51. The van der Waals surface area contributed by atoms with E-state index in [0.29, 0.717) is 10.6 Å². The molecule has 0 saturated heterocycles. The zero-order chi connectivity index (χ0) is 14.3. The number of carbonyl (C=O) groups is 1. The van der Waals surface area contributed by atoms with Crippen LogP contribution in [0.25, 0.3) is 0 Å². The summed E-state index contributed by atoms with van der Waals surface area (Å²) in [5, 5.41) is 3.10. The number of halogens is 2. The van der Waals surface area contributed by atoms with Crippen molar-refractivity contribution in [1.82, 2.24) is 5.32 Å². The maximum absolute atomic E-state index is 14.5. The van der Waals surface area contributed by atoms with Crippen molar-refractivity contribution in [2.45, 2.75) is 44.5 Å². The largest absolute Gasteiger partial charge is 0.444 e. The van der Waals surface area contributed by atoms with E-state index in [1.54, 1.807) is 45.0 Å². The molecule has 0 spiro atoms. The summed E-state index contributed by atoms with van der Waals surface area (Å²) in [6.45, 7) is 5.30. The molecule has 0 bridgehead atoms. The quantitative estimate of drug-likeness (QED) is 0.897. The van der Waals surface area contributed by atoms with Crippen LogP contribution in [0.15, 0.2) is 24.3 Å². The second kappa shape index (κ2) is 4.67. The average molecular weight is 286 g/mol. The predicted octanol–water partition coefficient (Wildman–Crippen LogP) is 3.80. The van der Waals surface area contributed by atoms with Gasteiger partial charge in [0.2, 0.25) is 0 Å². The molecule has 1 N–H and O–H groups in total. The van der Waals surface area contributed by atoms with Crippen molar-refractivity contribution in [3.05, 3.63) is 34.9 Å². The minimum Gasteiger partial charge on any atom is -0.444 e. The van der Waals surface area contributed by atoms with E-state index in [0.717, 1.165) is 0 Å². The Morgan fingerprint density at radius 2 is 2.00 bits per heavy atom. The van der Waals surface area contributed by atoms with E-state index in [-0.39, 0.29) is 6.42 Å². The van der Waals surface area contributed by atoms with Crippen LogP contribution in [-0.4, -0.2) is 17.7 Å². The molecule has 0 radical (unpaired) electrons. The van der Waals surface area contributed by atoms with Gasteiger partial charge in [-0.1, -0.05) is 23.7 Å². The molecule has 2 atom stereocenters. The number of hydrogen-bond acceptors (Lipinski definition) is 2. The van der Waals surface area contributed by atoms with Gasteiger partial charge in [0.1, 0.15) is 5.60 Å². The monoisotopic (exact) mass is 285 g/mol. The maximum Gasteiger partial charge on any atom is 0.407 e. The highest BCUT2D eigenvalue weighted by molar-refractivity contribution is 6.30. The summed E-state index contributed by atoms with van der Waals surface area (Å²) in [5.41, 5.74) is -1.57. The standard InChI is InChI=1S/C14H17ClFNO2/c1-13(2,3)19-12(18)17-11-8-14(11,16)9-4-6-10(15)7-5-9/h4-7,11H,8H2,1-3H3,(H,17,18)/t11-,14-/m0/s1. The first-order chi connectivity index (χ1) is 8.71. The van der Waals surface area contributed by atoms with Crippen LogP contribution < -0.4 is 5.32 Å². The summed E-state index contributed by atoms with van der Waals surface area (Å²) in [7, 11) is 0. The Balaban J connectivity index is 1.96. The van der Waals surface area contributed by atoms with Crippen LogP contribution in [-0.2, 0) is 10.4 Å². The highest BCUT2D eigenvalue weighted by atomic mass is 35.5. The number of carbonyl (C=O) groups excluding carboxylic acids is 1. The smallest absolute Gasteiger partial charge is 0.407 e. The van der Waals surface area contributed by atoms with E-state index in [4.69, 9.17) is 16.3 Å². The number of alkyl carbamates (subject to hydrolysis) is 1. The van der Waals surface area contributed by atoms with Crippen molar-refractivity contribution in [2.75, 3.05) is 0 Å². The Hall–Kier alpha value is -1.29. The molecule has 1 aliphatic carbocycles. The van der Waals surface area contributed by atoms with Gasteiger partial charge in [-0.05, 0) is 38.5 Å². The fourth-order valence-electron chi connectivity index (χ4n) is 1.90. The van der Waals surface area contributed by atoms with Crippen molar-refractivity contribution in [1.29, 1.82) is 0 Å². The average Bonchev–Trinajstić information content (AvgIpc) is 2.88. The molecule has 1 saturated carbocycles. The maximum atomic E-state index is 14.5. The zero-order valence-electron chi connectivity index (χ0n) is 11.2. The van der Waals surface area contributed by atoms with Gasteiger partial charge in [-0.2, -0.15) is 0 Å². The number of amides is 1. The third-order valence-electron chi connectivity index (χ3n) is 2.91. The van der Waals surface area contributed by atoms with Crippen molar-refractivity contribution < 1.29 is 13.9 Å². The SMILES string of the molecule is CC(C)(C)OC(=O)N[C@H]1C[C@]1(F)c1ccc(Cl)cc1. The number of benzene rings is 1. The van der Waals surface area contributed by atoms with Crippen LogP contribution in [0, 0.1) is 0 Å². The molecule has 0 aliphatic heterocycles. The third-order valence-corrected chi connectivity index (χ3v) is 3.16. The van der Waals surface area contributed by atoms with E-state index in [1.807, 2.05) is 0 Å². The van der Waals surface area contributed by atoms with E-state index in [1.165, 1.54) is 0 Å². The van der Waals surface area contributed by atoms with Gasteiger partial charge in [0.05, 0.1) is 6.04 Å². The second-order valence-electron chi connectivity index (χ2n) is 5.77. The summed E-state index contributed by atoms with van der Waals surface area (Å²) in [6.07, 6.45) is -0.334. The van der Waals surface area contributed by atoms with Gasteiger partial charge in [0.25, 0.3) is 0 Å². The lowest BCUT2D eigenvalue weighted by Gasteiger charge is -2.20. The molecule has 3 nitrogen and oxygen atoms in total. The van der Waals surface area contributed by atoms with Crippen LogP contribution >= 0.6 is 11.6 Å². The van der Waals surface area contributed by atoms with Crippen molar-refractivity contribution in [3.63, 3.8) is 0 Å². The van der Waals surface area contributed by atoms with E-state index in [2.05, 4.69) is 5.32 Å². The predicted molar refractivity (Wildman–Crippen MR) is 72.0 cm³/mol. The molecule has 104 valence electrons. The molecule has 2 rings (SSSR count). The fourth-order valence-corrected chi connectivity index (χ4v) is 2.03. The summed E-state index contributed by atoms with van der Waals surface area (Å²) in [5.74, 6) is 0. The lowest BCUT2D eigenvalue weighted by Crippen LogP contribution is -2.35. The van der Waals surface area contributed by atoms with Gasteiger partial charge in [0.15, 0.2) is 5.67 Å². The zero-order valence-corrected chi connectivity index (χ0v) is 11.9. The van der Waals surface area contributed by atoms with Crippen LogP contribution in [0.4, 0.5) is 9.18 Å². The molecule has 1 aromatic rings. The molecule has 1 fully saturated rings. The van der Waals surface area contributed by atoms with Gasteiger partial charge in [0, 0.05) is 11.4 Å². The van der Waals surface area contributed by atoms with E-state index in [9.17, 15) is 9.18 Å². The summed E-state index contributed by atoms with van der Waals surface area (Å²) < 4.78 is 19.6. The van der Waals surface area contributed by atoms with Gasteiger partial charge >= 0.3 is 6.09 Å². The minimum absolute atomic E-state index is 0.258. The number of ether oxygens (including phenoxy) is 1. The first kappa shape index (κ1) is 14.1. The summed E-state index contributed by atoms with van der Waals surface area (Å²) in [4.78, 5) is 11.6. The van der Waals surface area contributed by atoms with E-state index < -0.39 is 23.4 Å². The molecule has 1 aliphatic rings.